The standard InChI is InChI=1S/C14H25N3O/c1-17-8-7-16-14(17)6-9-18-11-13-5-3-2-4-12(13)10-15/h7-8,12-13H,2-6,9-11,15H2,1H3. The predicted molar refractivity (Wildman–Crippen MR) is 72.2 cm³/mol. The zero-order valence-electron chi connectivity index (χ0n) is 11.3. The van der Waals surface area contributed by atoms with Gasteiger partial charge in [0.15, 0.2) is 0 Å². The Bertz CT molecular complexity index is 351. The van der Waals surface area contributed by atoms with Crippen LogP contribution in [0.1, 0.15) is 31.5 Å². The van der Waals surface area contributed by atoms with Crippen LogP contribution in [0.3, 0.4) is 0 Å². The van der Waals surface area contributed by atoms with Crippen molar-refractivity contribution in [2.24, 2.45) is 24.6 Å². The van der Waals surface area contributed by atoms with E-state index >= 15 is 0 Å². The summed E-state index contributed by atoms with van der Waals surface area (Å²) in [4.78, 5) is 4.29. The van der Waals surface area contributed by atoms with Gasteiger partial charge >= 0.3 is 0 Å². The van der Waals surface area contributed by atoms with E-state index in [0.29, 0.717) is 11.8 Å². The lowest BCUT2D eigenvalue weighted by molar-refractivity contribution is 0.0619. The summed E-state index contributed by atoms with van der Waals surface area (Å²) in [7, 11) is 2.02. The van der Waals surface area contributed by atoms with E-state index in [1.54, 1.807) is 0 Å². The molecule has 1 saturated carbocycles. The number of aromatic nitrogens is 2. The molecule has 0 radical (unpaired) electrons. The maximum absolute atomic E-state index is 5.83. The molecule has 1 aliphatic rings. The van der Waals surface area contributed by atoms with E-state index in [0.717, 1.165) is 32.0 Å². The number of imidazole rings is 1. The Labute approximate surface area is 110 Å². The Morgan fingerprint density at radius 2 is 2.17 bits per heavy atom. The van der Waals surface area contributed by atoms with Crippen molar-refractivity contribution in [3.8, 4) is 0 Å². The third kappa shape index (κ3) is 3.56. The molecule has 0 amide bonds. The molecule has 0 saturated heterocycles. The number of ether oxygens (including phenoxy) is 1. The minimum atomic E-state index is 0.671. The summed E-state index contributed by atoms with van der Waals surface area (Å²) in [5.41, 5.74) is 5.83. The maximum Gasteiger partial charge on any atom is 0.110 e. The smallest absolute Gasteiger partial charge is 0.110 e. The molecule has 1 heterocycles. The van der Waals surface area contributed by atoms with Crippen molar-refractivity contribution in [2.75, 3.05) is 19.8 Å². The summed E-state index contributed by atoms with van der Waals surface area (Å²) >= 11 is 0. The van der Waals surface area contributed by atoms with E-state index in [2.05, 4.69) is 4.98 Å². The summed E-state index contributed by atoms with van der Waals surface area (Å²) in [5, 5.41) is 0. The summed E-state index contributed by atoms with van der Waals surface area (Å²) in [6, 6.07) is 0. The molecule has 1 aliphatic carbocycles. The van der Waals surface area contributed by atoms with Gasteiger partial charge in [-0.15, -0.1) is 0 Å². The van der Waals surface area contributed by atoms with Gasteiger partial charge in [0.1, 0.15) is 5.82 Å². The summed E-state index contributed by atoms with van der Waals surface area (Å²) in [6.07, 6.45) is 9.94. The normalized spacial score (nSPS) is 24.3. The van der Waals surface area contributed by atoms with Gasteiger partial charge < -0.3 is 15.0 Å². The fourth-order valence-corrected chi connectivity index (χ4v) is 2.85. The molecule has 2 rings (SSSR count). The van der Waals surface area contributed by atoms with E-state index in [4.69, 9.17) is 10.5 Å². The molecule has 102 valence electrons. The van der Waals surface area contributed by atoms with E-state index in [1.807, 2.05) is 24.0 Å². The Kier molecular flexibility index (Phi) is 5.20. The molecular weight excluding hydrogens is 226 g/mol. The van der Waals surface area contributed by atoms with E-state index in [-0.39, 0.29) is 0 Å². The van der Waals surface area contributed by atoms with Crippen molar-refractivity contribution in [3.63, 3.8) is 0 Å². The minimum absolute atomic E-state index is 0.671. The van der Waals surface area contributed by atoms with Crippen molar-refractivity contribution in [1.82, 2.24) is 9.55 Å². The fraction of sp³-hybridized carbons (Fsp3) is 0.786. The van der Waals surface area contributed by atoms with Crippen molar-refractivity contribution >= 4 is 0 Å². The molecule has 2 atom stereocenters. The van der Waals surface area contributed by atoms with Gasteiger partial charge in [0.25, 0.3) is 0 Å². The van der Waals surface area contributed by atoms with Crippen LogP contribution in [0, 0.1) is 11.8 Å². The van der Waals surface area contributed by atoms with E-state index in [9.17, 15) is 0 Å². The lowest BCUT2D eigenvalue weighted by Crippen LogP contribution is -2.30. The topological polar surface area (TPSA) is 53.1 Å². The van der Waals surface area contributed by atoms with E-state index in [1.165, 1.54) is 25.7 Å². The van der Waals surface area contributed by atoms with Crippen molar-refractivity contribution in [3.05, 3.63) is 18.2 Å². The zero-order chi connectivity index (χ0) is 12.8. The Hall–Kier alpha value is -0.870. The van der Waals surface area contributed by atoms with Crippen LogP contribution in [0.15, 0.2) is 12.4 Å². The molecule has 1 fully saturated rings. The second-order valence-electron chi connectivity index (χ2n) is 5.32. The van der Waals surface area contributed by atoms with Gasteiger partial charge in [-0.25, -0.2) is 4.98 Å². The average Bonchev–Trinajstić information content (AvgIpc) is 2.81. The van der Waals surface area contributed by atoms with Crippen LogP contribution in [0.25, 0.3) is 0 Å². The molecular formula is C14H25N3O. The highest BCUT2D eigenvalue weighted by Gasteiger charge is 2.23. The second kappa shape index (κ2) is 6.90. The van der Waals surface area contributed by atoms with Crippen LogP contribution < -0.4 is 5.73 Å². The highest BCUT2D eigenvalue weighted by molar-refractivity contribution is 4.90. The zero-order valence-corrected chi connectivity index (χ0v) is 11.3. The van der Waals surface area contributed by atoms with Crippen LogP contribution in [0.2, 0.25) is 0 Å². The molecule has 2 unspecified atom stereocenters. The lowest BCUT2D eigenvalue weighted by Gasteiger charge is -2.30. The van der Waals surface area contributed by atoms with Gasteiger partial charge in [0.05, 0.1) is 6.61 Å². The van der Waals surface area contributed by atoms with Crippen molar-refractivity contribution in [2.45, 2.75) is 32.1 Å². The molecule has 1 aromatic rings. The molecule has 2 N–H and O–H groups in total. The molecule has 4 nitrogen and oxygen atoms in total. The van der Waals surface area contributed by atoms with Crippen LogP contribution in [0.4, 0.5) is 0 Å². The highest BCUT2D eigenvalue weighted by Crippen LogP contribution is 2.29. The predicted octanol–water partition coefficient (Wildman–Crippen LogP) is 1.74. The third-order valence-corrected chi connectivity index (χ3v) is 4.09. The van der Waals surface area contributed by atoms with Crippen LogP contribution in [0.5, 0.6) is 0 Å². The highest BCUT2D eigenvalue weighted by atomic mass is 16.5. The molecule has 0 aromatic carbocycles. The summed E-state index contributed by atoms with van der Waals surface area (Å²) in [6.45, 7) is 2.44. The molecule has 18 heavy (non-hydrogen) atoms. The largest absolute Gasteiger partial charge is 0.381 e. The first kappa shape index (κ1) is 13.6. The van der Waals surface area contributed by atoms with Gasteiger partial charge in [-0.2, -0.15) is 0 Å². The molecule has 4 heteroatoms. The number of nitrogens with two attached hydrogens (primary N) is 1. The Morgan fingerprint density at radius 1 is 1.39 bits per heavy atom. The Balaban J connectivity index is 1.67. The second-order valence-corrected chi connectivity index (χ2v) is 5.32. The SMILES string of the molecule is Cn1ccnc1CCOCC1CCCCC1CN. The number of nitrogens with zero attached hydrogens (tertiary/aromatic N) is 2. The van der Waals surface area contributed by atoms with Gasteiger partial charge in [-0.3, -0.25) is 0 Å². The first-order chi connectivity index (χ1) is 8.81. The van der Waals surface area contributed by atoms with Crippen molar-refractivity contribution < 1.29 is 4.74 Å². The van der Waals surface area contributed by atoms with Gasteiger partial charge in [-0.05, 0) is 31.2 Å². The number of rotatable bonds is 6. The van der Waals surface area contributed by atoms with Crippen LogP contribution in [-0.2, 0) is 18.2 Å². The minimum Gasteiger partial charge on any atom is -0.381 e. The maximum atomic E-state index is 5.83. The molecule has 0 bridgehead atoms. The quantitative estimate of drug-likeness (QED) is 0.784. The van der Waals surface area contributed by atoms with E-state index < -0.39 is 0 Å². The van der Waals surface area contributed by atoms with Crippen LogP contribution >= 0.6 is 0 Å². The first-order valence-corrected chi connectivity index (χ1v) is 7.05. The molecule has 0 spiro atoms. The number of hydrogen-bond donors (Lipinski definition) is 1. The van der Waals surface area contributed by atoms with Crippen LogP contribution in [-0.4, -0.2) is 29.3 Å². The molecule has 1 aromatic heterocycles. The third-order valence-electron chi connectivity index (χ3n) is 4.09. The van der Waals surface area contributed by atoms with Gasteiger partial charge in [0, 0.05) is 32.5 Å². The number of hydrogen-bond acceptors (Lipinski definition) is 3. The monoisotopic (exact) mass is 251 g/mol. The van der Waals surface area contributed by atoms with Crippen molar-refractivity contribution in [1.29, 1.82) is 0 Å². The summed E-state index contributed by atoms with van der Waals surface area (Å²) in [5.74, 6) is 2.44. The number of aryl methyl sites for hydroxylation is 1. The average molecular weight is 251 g/mol. The first-order valence-electron chi connectivity index (χ1n) is 7.05. The van der Waals surface area contributed by atoms with Gasteiger partial charge in [0.2, 0.25) is 0 Å². The molecule has 0 aliphatic heterocycles. The summed E-state index contributed by atoms with van der Waals surface area (Å²) < 4.78 is 7.87. The fourth-order valence-electron chi connectivity index (χ4n) is 2.85. The van der Waals surface area contributed by atoms with Gasteiger partial charge in [-0.1, -0.05) is 12.8 Å². The lowest BCUT2D eigenvalue weighted by atomic mass is 9.80. The Morgan fingerprint density at radius 3 is 2.83 bits per heavy atom.